The Balaban J connectivity index is 1.55. The fourth-order valence-corrected chi connectivity index (χ4v) is 4.71. The molecular weight excluding hydrogens is 402 g/mol. The molecule has 1 aliphatic rings. The van der Waals surface area contributed by atoms with E-state index in [0.717, 1.165) is 23.4 Å². The molecule has 0 fully saturated rings. The van der Waals surface area contributed by atoms with Gasteiger partial charge >= 0.3 is 0 Å². The van der Waals surface area contributed by atoms with E-state index in [4.69, 9.17) is 15.0 Å². The molecule has 0 radical (unpaired) electrons. The van der Waals surface area contributed by atoms with E-state index in [0.29, 0.717) is 11.6 Å². The van der Waals surface area contributed by atoms with Crippen LogP contribution in [0.5, 0.6) is 0 Å². The molecule has 0 saturated heterocycles. The third-order valence-corrected chi connectivity index (χ3v) is 6.34. The molecule has 0 N–H and O–H groups in total. The van der Waals surface area contributed by atoms with Crippen molar-refractivity contribution in [2.75, 3.05) is 0 Å². The maximum Gasteiger partial charge on any atom is 0.163 e. The lowest BCUT2D eigenvalue weighted by Gasteiger charge is -2.27. The molecule has 0 saturated carbocycles. The molecule has 0 bridgehead atoms. The van der Waals surface area contributed by atoms with Crippen molar-refractivity contribution in [3.05, 3.63) is 126 Å². The Morgan fingerprint density at radius 2 is 1.21 bits per heavy atom. The summed E-state index contributed by atoms with van der Waals surface area (Å²) in [6, 6.07) is 35.8. The van der Waals surface area contributed by atoms with Crippen molar-refractivity contribution < 1.29 is 0 Å². The van der Waals surface area contributed by atoms with Gasteiger partial charge in [-0.05, 0) is 35.6 Å². The first-order valence-corrected chi connectivity index (χ1v) is 11.3. The highest BCUT2D eigenvalue weighted by atomic mass is 15.0. The predicted molar refractivity (Wildman–Crippen MR) is 133 cm³/mol. The number of rotatable bonds is 3. The summed E-state index contributed by atoms with van der Waals surface area (Å²) in [7, 11) is 0. The molecule has 0 aliphatic heterocycles. The smallest absolute Gasteiger partial charge is 0.163 e. The number of nitrogens with zero attached hydrogens (tertiary/aromatic N) is 3. The standard InChI is InChI=1S/C30H23N3/c1-20-16-17-23-19-27(25-15-9-8-14-24(25)26(23)18-20)30-32-28(21-10-4-2-5-11-21)31-29(33-30)22-12-6-3-7-13-22/h2-18,27H,19H2,1H3. The average Bonchev–Trinajstić information content (AvgIpc) is 2.89. The summed E-state index contributed by atoms with van der Waals surface area (Å²) in [6.07, 6.45) is 0.874. The van der Waals surface area contributed by atoms with Crippen molar-refractivity contribution in [1.82, 2.24) is 15.0 Å². The molecule has 4 aromatic carbocycles. The Labute approximate surface area is 193 Å². The van der Waals surface area contributed by atoms with Crippen LogP contribution in [0, 0.1) is 6.92 Å². The van der Waals surface area contributed by atoms with Gasteiger partial charge in [0.2, 0.25) is 0 Å². The van der Waals surface area contributed by atoms with Gasteiger partial charge in [0.05, 0.1) is 0 Å². The summed E-state index contributed by atoms with van der Waals surface area (Å²) in [5.74, 6) is 2.32. The number of aryl methyl sites for hydroxylation is 1. The number of fused-ring (bicyclic) bond motifs is 3. The second kappa shape index (κ2) is 8.10. The minimum atomic E-state index is 0.0735. The first-order chi connectivity index (χ1) is 16.3. The summed E-state index contributed by atoms with van der Waals surface area (Å²) in [4.78, 5) is 14.9. The van der Waals surface area contributed by atoms with Gasteiger partial charge in [-0.25, -0.2) is 15.0 Å². The molecule has 1 aliphatic carbocycles. The zero-order chi connectivity index (χ0) is 22.2. The quantitative estimate of drug-likeness (QED) is 0.317. The third kappa shape index (κ3) is 3.62. The molecule has 1 atom stereocenters. The fraction of sp³-hybridized carbons (Fsp3) is 0.100. The van der Waals surface area contributed by atoms with Crippen LogP contribution in [0.3, 0.4) is 0 Å². The van der Waals surface area contributed by atoms with Crippen molar-refractivity contribution in [1.29, 1.82) is 0 Å². The van der Waals surface area contributed by atoms with E-state index in [9.17, 15) is 0 Å². The third-order valence-electron chi connectivity index (χ3n) is 6.34. The first kappa shape index (κ1) is 19.6. The lowest BCUT2D eigenvalue weighted by molar-refractivity contribution is 0.724. The Kier molecular flexibility index (Phi) is 4.80. The van der Waals surface area contributed by atoms with Gasteiger partial charge in [-0.1, -0.05) is 109 Å². The van der Waals surface area contributed by atoms with E-state index >= 15 is 0 Å². The molecule has 3 nitrogen and oxygen atoms in total. The van der Waals surface area contributed by atoms with Crippen LogP contribution in [-0.4, -0.2) is 15.0 Å². The van der Waals surface area contributed by atoms with Crippen LogP contribution in [-0.2, 0) is 6.42 Å². The molecule has 33 heavy (non-hydrogen) atoms. The number of hydrogen-bond acceptors (Lipinski definition) is 3. The minimum absolute atomic E-state index is 0.0735. The summed E-state index contributed by atoms with van der Waals surface area (Å²) in [5, 5.41) is 0. The van der Waals surface area contributed by atoms with Crippen molar-refractivity contribution in [2.24, 2.45) is 0 Å². The van der Waals surface area contributed by atoms with Crippen LogP contribution < -0.4 is 0 Å². The van der Waals surface area contributed by atoms with E-state index in [1.165, 1.54) is 27.8 Å². The lowest BCUT2D eigenvalue weighted by atomic mass is 9.78. The minimum Gasteiger partial charge on any atom is -0.212 e. The molecular formula is C30H23N3. The highest BCUT2D eigenvalue weighted by Crippen LogP contribution is 2.42. The van der Waals surface area contributed by atoms with Crippen molar-refractivity contribution in [2.45, 2.75) is 19.3 Å². The number of aromatic nitrogens is 3. The topological polar surface area (TPSA) is 38.7 Å². The zero-order valence-electron chi connectivity index (χ0n) is 18.4. The number of hydrogen-bond donors (Lipinski definition) is 0. The Hall–Kier alpha value is -4.11. The van der Waals surface area contributed by atoms with Crippen LogP contribution in [0.2, 0.25) is 0 Å². The van der Waals surface area contributed by atoms with Gasteiger partial charge in [0, 0.05) is 17.0 Å². The zero-order valence-corrected chi connectivity index (χ0v) is 18.4. The SMILES string of the molecule is Cc1ccc2c(c1)-c1ccccc1C(c1nc(-c3ccccc3)nc(-c3ccccc3)n1)C2. The molecule has 1 unspecified atom stereocenters. The van der Waals surface area contributed by atoms with Gasteiger partial charge in [0.25, 0.3) is 0 Å². The molecule has 1 aromatic heterocycles. The van der Waals surface area contributed by atoms with E-state index in [-0.39, 0.29) is 5.92 Å². The van der Waals surface area contributed by atoms with Gasteiger partial charge in [0.15, 0.2) is 11.6 Å². The van der Waals surface area contributed by atoms with Crippen molar-refractivity contribution in [3.63, 3.8) is 0 Å². The summed E-state index contributed by atoms with van der Waals surface area (Å²) in [6.45, 7) is 2.15. The van der Waals surface area contributed by atoms with Gasteiger partial charge in [-0.15, -0.1) is 0 Å². The molecule has 6 rings (SSSR count). The normalized spacial score (nSPS) is 14.4. The first-order valence-electron chi connectivity index (χ1n) is 11.3. The summed E-state index contributed by atoms with van der Waals surface area (Å²) < 4.78 is 0. The van der Waals surface area contributed by atoms with E-state index in [1.807, 2.05) is 36.4 Å². The molecule has 0 spiro atoms. The fourth-order valence-electron chi connectivity index (χ4n) is 4.71. The average molecular weight is 426 g/mol. The van der Waals surface area contributed by atoms with Crippen LogP contribution >= 0.6 is 0 Å². The van der Waals surface area contributed by atoms with E-state index in [2.05, 4.69) is 73.7 Å². The molecule has 0 amide bonds. The van der Waals surface area contributed by atoms with Crippen molar-refractivity contribution in [3.8, 4) is 33.9 Å². The second-order valence-electron chi connectivity index (χ2n) is 8.58. The van der Waals surface area contributed by atoms with Crippen LogP contribution in [0.25, 0.3) is 33.9 Å². The second-order valence-corrected chi connectivity index (χ2v) is 8.58. The van der Waals surface area contributed by atoms with Gasteiger partial charge in [0.1, 0.15) is 5.82 Å². The molecule has 1 heterocycles. The van der Waals surface area contributed by atoms with E-state index < -0.39 is 0 Å². The molecule has 3 heteroatoms. The number of benzene rings is 4. The maximum absolute atomic E-state index is 5.02. The van der Waals surface area contributed by atoms with Crippen LogP contribution in [0.1, 0.15) is 28.4 Å². The Morgan fingerprint density at radius 3 is 1.88 bits per heavy atom. The lowest BCUT2D eigenvalue weighted by Crippen LogP contribution is -2.17. The van der Waals surface area contributed by atoms with Crippen molar-refractivity contribution >= 4 is 0 Å². The highest BCUT2D eigenvalue weighted by molar-refractivity contribution is 5.75. The largest absolute Gasteiger partial charge is 0.212 e. The molecule has 5 aromatic rings. The van der Waals surface area contributed by atoms with Gasteiger partial charge < -0.3 is 0 Å². The monoisotopic (exact) mass is 425 g/mol. The van der Waals surface area contributed by atoms with Crippen LogP contribution in [0.4, 0.5) is 0 Å². The van der Waals surface area contributed by atoms with Gasteiger partial charge in [-0.2, -0.15) is 0 Å². The summed E-state index contributed by atoms with van der Waals surface area (Å²) in [5.41, 5.74) is 8.49. The van der Waals surface area contributed by atoms with E-state index in [1.54, 1.807) is 0 Å². The Morgan fingerprint density at radius 1 is 0.606 bits per heavy atom. The summed E-state index contributed by atoms with van der Waals surface area (Å²) >= 11 is 0. The van der Waals surface area contributed by atoms with Crippen LogP contribution in [0.15, 0.2) is 103 Å². The maximum atomic E-state index is 5.02. The Bertz CT molecular complexity index is 1380. The van der Waals surface area contributed by atoms with Gasteiger partial charge in [-0.3, -0.25) is 0 Å². The predicted octanol–water partition coefficient (Wildman–Crippen LogP) is 6.87. The molecule has 158 valence electrons. The highest BCUT2D eigenvalue weighted by Gasteiger charge is 2.28.